The largest absolute Gasteiger partial charge is 0.344 e. The summed E-state index contributed by atoms with van der Waals surface area (Å²) in [6, 6.07) is 9.59. The van der Waals surface area contributed by atoms with Gasteiger partial charge in [-0.2, -0.15) is 0 Å². The first-order valence-corrected chi connectivity index (χ1v) is 7.58. The molecule has 2 aromatic rings. The first-order chi connectivity index (χ1) is 8.78. The molecule has 3 heteroatoms. The quantitative estimate of drug-likeness (QED) is 0.901. The average Bonchev–Trinajstić information content (AvgIpc) is 2.63. The van der Waals surface area contributed by atoms with Gasteiger partial charge in [0.1, 0.15) is 0 Å². The highest BCUT2D eigenvalue weighted by Gasteiger charge is 2.17. The second-order valence-corrected chi connectivity index (χ2v) is 6.01. The van der Waals surface area contributed by atoms with Crippen LogP contribution in [-0.2, 0) is 13.1 Å². The summed E-state index contributed by atoms with van der Waals surface area (Å²) in [5, 5.41) is 4.98. The molecule has 18 heavy (non-hydrogen) atoms. The van der Waals surface area contributed by atoms with Gasteiger partial charge in [-0.05, 0) is 44.0 Å². The number of aromatic nitrogens is 1. The van der Waals surface area contributed by atoms with Crippen molar-refractivity contribution in [1.82, 2.24) is 9.88 Å². The van der Waals surface area contributed by atoms with Crippen LogP contribution in [0.4, 0.5) is 0 Å². The Kier molecular flexibility index (Phi) is 3.44. The third-order valence-corrected chi connectivity index (χ3v) is 4.44. The summed E-state index contributed by atoms with van der Waals surface area (Å²) in [5.41, 5.74) is 2.74. The Morgan fingerprint density at radius 2 is 2.17 bits per heavy atom. The van der Waals surface area contributed by atoms with Gasteiger partial charge in [-0.25, -0.2) is 0 Å². The predicted molar refractivity (Wildman–Crippen MR) is 79.8 cm³/mol. The Bertz CT molecular complexity index is 555. The van der Waals surface area contributed by atoms with E-state index < -0.39 is 0 Å². The number of hydrogen-bond donors (Lipinski definition) is 1. The van der Waals surface area contributed by atoms with Crippen molar-refractivity contribution in [3.05, 3.63) is 34.4 Å². The van der Waals surface area contributed by atoms with Crippen LogP contribution in [0.1, 0.15) is 31.9 Å². The van der Waals surface area contributed by atoms with Crippen LogP contribution in [0.2, 0.25) is 0 Å². The summed E-state index contributed by atoms with van der Waals surface area (Å²) in [6.07, 6.45) is 4.08. The lowest BCUT2D eigenvalue weighted by atomic mass is 9.93. The van der Waals surface area contributed by atoms with E-state index in [9.17, 15) is 0 Å². The normalized spacial score (nSPS) is 16.1. The van der Waals surface area contributed by atoms with Crippen LogP contribution in [0.3, 0.4) is 0 Å². The van der Waals surface area contributed by atoms with Gasteiger partial charge in [-0.1, -0.05) is 22.4 Å². The molecule has 0 bridgehead atoms. The van der Waals surface area contributed by atoms with Gasteiger partial charge in [0.2, 0.25) is 0 Å². The van der Waals surface area contributed by atoms with Crippen molar-refractivity contribution in [2.24, 2.45) is 0 Å². The Hall–Kier alpha value is -0.800. The molecular weight excluding hydrogens is 288 g/mol. The average molecular weight is 307 g/mol. The van der Waals surface area contributed by atoms with Gasteiger partial charge in [-0.15, -0.1) is 0 Å². The minimum absolute atomic E-state index is 0.750. The highest BCUT2D eigenvalue weighted by atomic mass is 79.9. The van der Waals surface area contributed by atoms with Crippen molar-refractivity contribution < 1.29 is 0 Å². The van der Waals surface area contributed by atoms with Crippen LogP contribution >= 0.6 is 15.9 Å². The predicted octanol–water partition coefficient (Wildman–Crippen LogP) is 4.07. The smallest absolute Gasteiger partial charge is 0.0483 e. The lowest BCUT2D eigenvalue weighted by Crippen LogP contribution is -2.35. The Balaban J connectivity index is 1.89. The zero-order valence-electron chi connectivity index (χ0n) is 10.7. The Morgan fingerprint density at radius 1 is 1.33 bits per heavy atom. The minimum Gasteiger partial charge on any atom is -0.344 e. The lowest BCUT2D eigenvalue weighted by molar-refractivity contribution is 0.335. The second kappa shape index (κ2) is 5.06. The third-order valence-electron chi connectivity index (χ3n) is 3.94. The molecule has 0 amide bonds. The van der Waals surface area contributed by atoms with Gasteiger partial charge < -0.3 is 9.88 Å². The number of aryl methyl sites for hydroxylation is 1. The van der Waals surface area contributed by atoms with Crippen LogP contribution in [0, 0.1) is 0 Å². The molecule has 1 fully saturated rings. The van der Waals surface area contributed by atoms with E-state index in [1.54, 1.807) is 0 Å². The molecular formula is C15H19BrN2. The van der Waals surface area contributed by atoms with Crippen LogP contribution in [-0.4, -0.2) is 10.6 Å². The number of halogens is 1. The number of rotatable bonds is 4. The van der Waals surface area contributed by atoms with Crippen molar-refractivity contribution in [2.75, 3.05) is 0 Å². The first-order valence-electron chi connectivity index (χ1n) is 6.79. The summed E-state index contributed by atoms with van der Waals surface area (Å²) in [4.78, 5) is 0. The topological polar surface area (TPSA) is 17.0 Å². The fourth-order valence-corrected chi connectivity index (χ4v) is 3.06. The molecule has 1 aromatic carbocycles. The van der Waals surface area contributed by atoms with E-state index in [1.165, 1.54) is 35.9 Å². The summed E-state index contributed by atoms with van der Waals surface area (Å²) < 4.78 is 3.56. The van der Waals surface area contributed by atoms with Crippen LogP contribution < -0.4 is 5.32 Å². The van der Waals surface area contributed by atoms with Crippen molar-refractivity contribution >= 4 is 26.8 Å². The zero-order chi connectivity index (χ0) is 12.5. The van der Waals surface area contributed by atoms with Gasteiger partial charge in [-0.3, -0.25) is 0 Å². The number of nitrogens with zero attached hydrogens (tertiary/aromatic N) is 1. The number of hydrogen-bond acceptors (Lipinski definition) is 1. The van der Waals surface area contributed by atoms with E-state index in [4.69, 9.17) is 0 Å². The monoisotopic (exact) mass is 306 g/mol. The van der Waals surface area contributed by atoms with Gasteiger partial charge in [0.15, 0.2) is 0 Å². The highest BCUT2D eigenvalue weighted by molar-refractivity contribution is 9.10. The molecule has 0 radical (unpaired) electrons. The highest BCUT2D eigenvalue weighted by Crippen LogP contribution is 2.25. The molecule has 96 valence electrons. The number of benzene rings is 1. The molecule has 1 aliphatic carbocycles. The molecule has 0 aliphatic heterocycles. The van der Waals surface area contributed by atoms with Crippen molar-refractivity contribution in [3.63, 3.8) is 0 Å². The van der Waals surface area contributed by atoms with Gasteiger partial charge in [0.25, 0.3) is 0 Å². The van der Waals surface area contributed by atoms with Crippen molar-refractivity contribution in [3.8, 4) is 0 Å². The van der Waals surface area contributed by atoms with Crippen molar-refractivity contribution in [1.29, 1.82) is 0 Å². The van der Waals surface area contributed by atoms with Crippen LogP contribution in [0.15, 0.2) is 28.7 Å². The van der Waals surface area contributed by atoms with E-state index >= 15 is 0 Å². The van der Waals surface area contributed by atoms with Crippen molar-refractivity contribution in [2.45, 2.75) is 45.3 Å². The van der Waals surface area contributed by atoms with Gasteiger partial charge >= 0.3 is 0 Å². The fourth-order valence-electron chi connectivity index (χ4n) is 2.68. The van der Waals surface area contributed by atoms with Crippen LogP contribution in [0.25, 0.3) is 10.9 Å². The molecule has 0 unspecified atom stereocenters. The van der Waals surface area contributed by atoms with E-state index in [-0.39, 0.29) is 0 Å². The zero-order valence-corrected chi connectivity index (χ0v) is 12.3. The third kappa shape index (κ3) is 2.21. The maximum Gasteiger partial charge on any atom is 0.0483 e. The maximum atomic E-state index is 3.65. The molecule has 1 heterocycles. The standard InChI is InChI=1S/C15H19BrN2/c1-2-18-14(10-17-13-4-3-5-13)9-11-8-12(16)6-7-15(11)18/h6-9,13,17H,2-5,10H2,1H3. The molecule has 0 atom stereocenters. The molecule has 3 rings (SSSR count). The Labute approximate surface area is 116 Å². The molecule has 1 aromatic heterocycles. The van der Waals surface area contributed by atoms with Gasteiger partial charge in [0.05, 0.1) is 0 Å². The van der Waals surface area contributed by atoms with E-state index in [0.717, 1.165) is 23.6 Å². The first kappa shape index (κ1) is 12.2. The van der Waals surface area contributed by atoms with E-state index in [2.05, 4.69) is 57.0 Å². The SMILES string of the molecule is CCn1c(CNC2CCC2)cc2cc(Br)ccc21. The maximum absolute atomic E-state index is 3.65. The Morgan fingerprint density at radius 3 is 2.83 bits per heavy atom. The van der Waals surface area contributed by atoms with E-state index in [1.807, 2.05) is 0 Å². The minimum atomic E-state index is 0.750. The second-order valence-electron chi connectivity index (χ2n) is 5.09. The van der Waals surface area contributed by atoms with Gasteiger partial charge in [0, 0.05) is 40.2 Å². The molecule has 0 saturated heterocycles. The summed E-state index contributed by atoms with van der Waals surface area (Å²) in [5.74, 6) is 0. The summed E-state index contributed by atoms with van der Waals surface area (Å²) in [7, 11) is 0. The summed E-state index contributed by atoms with van der Waals surface area (Å²) >= 11 is 3.55. The summed E-state index contributed by atoms with van der Waals surface area (Å²) in [6.45, 7) is 4.24. The molecule has 2 nitrogen and oxygen atoms in total. The molecule has 1 aliphatic rings. The fraction of sp³-hybridized carbons (Fsp3) is 0.467. The van der Waals surface area contributed by atoms with E-state index in [0.29, 0.717) is 0 Å². The van der Waals surface area contributed by atoms with Crippen LogP contribution in [0.5, 0.6) is 0 Å². The lowest BCUT2D eigenvalue weighted by Gasteiger charge is -2.26. The molecule has 0 spiro atoms. The molecule has 1 N–H and O–H groups in total. The number of nitrogens with one attached hydrogen (secondary N) is 1. The molecule has 1 saturated carbocycles. The number of fused-ring (bicyclic) bond motifs is 1.